The number of pyridine rings is 1. The van der Waals surface area contributed by atoms with Gasteiger partial charge in [0.25, 0.3) is 18.2 Å². The predicted octanol–water partition coefficient (Wildman–Crippen LogP) is 3.62. The Bertz CT molecular complexity index is 1190. The molecular weight excluding hydrogens is 537 g/mol. The van der Waals surface area contributed by atoms with Gasteiger partial charge in [-0.2, -0.15) is 13.2 Å². The van der Waals surface area contributed by atoms with Crippen LogP contribution in [0.15, 0.2) is 12.3 Å². The number of ether oxygens (including phenoxy) is 1. The summed E-state index contributed by atoms with van der Waals surface area (Å²) in [7, 11) is 0. The van der Waals surface area contributed by atoms with E-state index < -0.39 is 54.0 Å². The van der Waals surface area contributed by atoms with E-state index in [4.69, 9.17) is 4.74 Å². The SMILES string of the molecule is C[C@H](Nc1cc(C(F)F)c(-c2sc(C(=O)N[C@@H]3COC[C@@H]3O)nc2C(=O)N2CCC[C@@H]2C)cn1)C(F)(F)F. The molecule has 2 aromatic rings. The maximum absolute atomic E-state index is 14.1. The molecule has 4 heterocycles. The van der Waals surface area contributed by atoms with Gasteiger partial charge in [0.15, 0.2) is 5.01 Å². The number of nitrogens with zero attached hydrogens (tertiary/aromatic N) is 3. The lowest BCUT2D eigenvalue weighted by molar-refractivity contribution is -0.138. The first kappa shape index (κ1) is 28.1. The molecule has 38 heavy (non-hydrogen) atoms. The van der Waals surface area contributed by atoms with Crippen molar-refractivity contribution in [2.24, 2.45) is 0 Å². The molecule has 2 aromatic heterocycles. The van der Waals surface area contributed by atoms with Gasteiger partial charge < -0.3 is 25.4 Å². The number of amides is 2. The Morgan fingerprint density at radius 2 is 2.03 bits per heavy atom. The molecule has 2 aliphatic rings. The Kier molecular flexibility index (Phi) is 8.18. The number of hydrogen-bond acceptors (Lipinski definition) is 8. The van der Waals surface area contributed by atoms with Gasteiger partial charge in [0.05, 0.1) is 30.2 Å². The molecule has 3 N–H and O–H groups in total. The number of anilines is 1. The van der Waals surface area contributed by atoms with Crippen molar-refractivity contribution < 1.29 is 41.4 Å². The first-order valence-corrected chi connectivity index (χ1v) is 12.7. The molecule has 0 aromatic carbocycles. The van der Waals surface area contributed by atoms with Crippen LogP contribution in [-0.2, 0) is 4.74 Å². The van der Waals surface area contributed by atoms with Gasteiger partial charge in [-0.3, -0.25) is 9.59 Å². The normalized spacial score (nSPS) is 22.7. The highest BCUT2D eigenvalue weighted by Crippen LogP contribution is 2.39. The fraction of sp³-hybridized carbons (Fsp3) is 0.565. The molecule has 208 valence electrons. The lowest BCUT2D eigenvalue weighted by Gasteiger charge is -2.21. The molecule has 4 rings (SSSR count). The van der Waals surface area contributed by atoms with Crippen LogP contribution in [0.4, 0.5) is 27.8 Å². The number of hydrogen-bond donors (Lipinski definition) is 3. The van der Waals surface area contributed by atoms with Gasteiger partial charge in [0, 0.05) is 29.9 Å². The van der Waals surface area contributed by atoms with E-state index in [2.05, 4.69) is 20.6 Å². The summed E-state index contributed by atoms with van der Waals surface area (Å²) in [4.78, 5) is 35.9. The van der Waals surface area contributed by atoms with Gasteiger partial charge in [-0.25, -0.2) is 18.7 Å². The molecule has 9 nitrogen and oxygen atoms in total. The molecule has 0 saturated carbocycles. The van der Waals surface area contributed by atoms with E-state index in [1.807, 2.05) is 6.92 Å². The molecule has 2 fully saturated rings. The van der Waals surface area contributed by atoms with E-state index in [0.29, 0.717) is 17.9 Å². The fourth-order valence-electron chi connectivity index (χ4n) is 4.25. The third-order valence-corrected chi connectivity index (χ3v) is 7.56. The number of rotatable bonds is 7. The number of carbonyl (C=O) groups is 2. The average Bonchev–Trinajstić information content (AvgIpc) is 3.58. The second-order valence-corrected chi connectivity index (χ2v) is 10.2. The predicted molar refractivity (Wildman–Crippen MR) is 127 cm³/mol. The number of thiazole rings is 1. The van der Waals surface area contributed by atoms with E-state index in [1.165, 1.54) is 4.90 Å². The molecule has 0 bridgehead atoms. The molecule has 2 amide bonds. The smallest absolute Gasteiger partial charge is 0.388 e. The van der Waals surface area contributed by atoms with E-state index in [1.54, 1.807) is 0 Å². The molecule has 4 atom stereocenters. The van der Waals surface area contributed by atoms with E-state index in [9.17, 15) is 36.6 Å². The summed E-state index contributed by atoms with van der Waals surface area (Å²) >= 11 is 0.682. The molecule has 0 unspecified atom stereocenters. The largest absolute Gasteiger partial charge is 0.408 e. The lowest BCUT2D eigenvalue weighted by Crippen LogP contribution is -2.42. The summed E-state index contributed by atoms with van der Waals surface area (Å²) < 4.78 is 72.2. The molecule has 2 aliphatic heterocycles. The molecule has 0 aliphatic carbocycles. The maximum atomic E-state index is 14.1. The minimum atomic E-state index is -4.63. The van der Waals surface area contributed by atoms with Crippen molar-refractivity contribution >= 4 is 29.0 Å². The number of aliphatic hydroxyl groups is 1. The molecule has 2 saturated heterocycles. The standard InChI is InChI=1S/C23H26F5N5O4S/c1-10-4-3-5-33(10)22(36)17-18(38-21(32-17)20(35)31-14-8-37-9-15(14)34)13-7-29-16(6-12(13)19(24)25)30-11(2)23(26,27)28/h6-7,10-11,14-15,19,34H,3-5,8-9H2,1-2H3,(H,29,30)(H,31,35)/t10-,11-,14+,15-/m0/s1. The minimum absolute atomic E-state index is 0.0292. The van der Waals surface area contributed by atoms with Crippen LogP contribution < -0.4 is 10.6 Å². The second kappa shape index (κ2) is 11.1. The maximum Gasteiger partial charge on any atom is 0.408 e. The van der Waals surface area contributed by atoms with Crippen molar-refractivity contribution in [2.75, 3.05) is 25.1 Å². The van der Waals surface area contributed by atoms with Gasteiger partial charge in [-0.15, -0.1) is 11.3 Å². The van der Waals surface area contributed by atoms with Gasteiger partial charge in [-0.05, 0) is 32.8 Å². The summed E-state index contributed by atoms with van der Waals surface area (Å²) in [5, 5.41) is 14.3. The van der Waals surface area contributed by atoms with Gasteiger partial charge in [0.1, 0.15) is 17.6 Å². The van der Waals surface area contributed by atoms with Crippen molar-refractivity contribution in [3.05, 3.63) is 28.5 Å². The van der Waals surface area contributed by atoms with Gasteiger partial charge in [-0.1, -0.05) is 0 Å². The first-order valence-electron chi connectivity index (χ1n) is 11.9. The highest BCUT2D eigenvalue weighted by molar-refractivity contribution is 7.17. The molecule has 0 radical (unpaired) electrons. The van der Waals surface area contributed by atoms with Crippen LogP contribution in [0.5, 0.6) is 0 Å². The van der Waals surface area contributed by atoms with Crippen LogP contribution in [0.25, 0.3) is 10.4 Å². The highest BCUT2D eigenvalue weighted by atomic mass is 32.1. The summed E-state index contributed by atoms with van der Waals surface area (Å²) in [6.45, 7) is 3.17. The lowest BCUT2D eigenvalue weighted by atomic mass is 10.1. The number of nitrogens with one attached hydrogen (secondary N) is 2. The minimum Gasteiger partial charge on any atom is -0.388 e. The zero-order valence-electron chi connectivity index (χ0n) is 20.4. The second-order valence-electron chi connectivity index (χ2n) is 9.24. The number of alkyl halides is 5. The Morgan fingerprint density at radius 1 is 1.29 bits per heavy atom. The summed E-state index contributed by atoms with van der Waals surface area (Å²) in [5.74, 6) is -1.71. The van der Waals surface area contributed by atoms with Crippen LogP contribution in [0.3, 0.4) is 0 Å². The number of halogens is 5. The highest BCUT2D eigenvalue weighted by Gasteiger charge is 2.37. The Morgan fingerprint density at radius 3 is 2.61 bits per heavy atom. The number of aliphatic hydroxyl groups excluding tert-OH is 1. The van der Waals surface area contributed by atoms with Crippen LogP contribution in [0, 0.1) is 0 Å². The number of aromatic nitrogens is 2. The Labute approximate surface area is 218 Å². The molecular formula is C23H26F5N5O4S. The zero-order valence-corrected chi connectivity index (χ0v) is 21.2. The third kappa shape index (κ3) is 5.89. The van der Waals surface area contributed by atoms with E-state index >= 15 is 0 Å². The third-order valence-electron chi connectivity index (χ3n) is 6.48. The van der Waals surface area contributed by atoms with E-state index in [0.717, 1.165) is 32.0 Å². The fourth-order valence-corrected chi connectivity index (χ4v) is 5.24. The van der Waals surface area contributed by atoms with Crippen molar-refractivity contribution in [1.82, 2.24) is 20.2 Å². The summed E-state index contributed by atoms with van der Waals surface area (Å²) in [6.07, 6.45) is -6.29. The average molecular weight is 564 g/mol. The monoisotopic (exact) mass is 563 g/mol. The van der Waals surface area contributed by atoms with E-state index in [-0.39, 0.29) is 40.4 Å². The summed E-state index contributed by atoms with van der Waals surface area (Å²) in [6, 6.07) is -2.11. The van der Waals surface area contributed by atoms with Crippen LogP contribution in [0.2, 0.25) is 0 Å². The van der Waals surface area contributed by atoms with Crippen molar-refractivity contribution in [3.63, 3.8) is 0 Å². The number of carbonyl (C=O) groups excluding carboxylic acids is 2. The van der Waals surface area contributed by atoms with Crippen LogP contribution in [0.1, 0.15) is 59.0 Å². The first-order chi connectivity index (χ1) is 17.9. The van der Waals surface area contributed by atoms with Gasteiger partial charge in [0.2, 0.25) is 0 Å². The quantitative estimate of drug-likeness (QED) is 0.441. The van der Waals surface area contributed by atoms with Crippen molar-refractivity contribution in [2.45, 2.75) is 63.5 Å². The molecule has 15 heteroatoms. The Hall–Kier alpha value is -2.91. The van der Waals surface area contributed by atoms with Crippen LogP contribution in [-0.4, -0.2) is 82.0 Å². The van der Waals surface area contributed by atoms with Gasteiger partial charge >= 0.3 is 6.18 Å². The zero-order chi connectivity index (χ0) is 27.8. The topological polar surface area (TPSA) is 117 Å². The number of likely N-dealkylation sites (tertiary alicyclic amines) is 1. The molecule has 0 spiro atoms. The Balaban J connectivity index is 1.74. The van der Waals surface area contributed by atoms with Crippen LogP contribution >= 0.6 is 11.3 Å². The summed E-state index contributed by atoms with van der Waals surface area (Å²) in [5.41, 5.74) is -1.12. The van der Waals surface area contributed by atoms with Crippen molar-refractivity contribution in [1.29, 1.82) is 0 Å². The van der Waals surface area contributed by atoms with Crippen molar-refractivity contribution in [3.8, 4) is 10.4 Å².